The largest absolute Gasteiger partial charge is 0.449 e. The van der Waals surface area contributed by atoms with Crippen LogP contribution >= 0.6 is 11.3 Å². The van der Waals surface area contributed by atoms with Gasteiger partial charge in [-0.25, -0.2) is 9.59 Å². The van der Waals surface area contributed by atoms with Crippen LogP contribution in [0.2, 0.25) is 0 Å². The maximum Gasteiger partial charge on any atom is 0.338 e. The van der Waals surface area contributed by atoms with E-state index in [2.05, 4.69) is 10.6 Å². The molecule has 2 rings (SSSR count). The second-order valence-electron chi connectivity index (χ2n) is 5.13. The number of imide groups is 1. The van der Waals surface area contributed by atoms with E-state index in [-0.39, 0.29) is 11.5 Å². The van der Waals surface area contributed by atoms with Gasteiger partial charge in [0.2, 0.25) is 0 Å². The molecule has 0 bridgehead atoms. The Morgan fingerprint density at radius 3 is 2.54 bits per heavy atom. The van der Waals surface area contributed by atoms with Gasteiger partial charge in [0.15, 0.2) is 6.10 Å². The standard InChI is InChI=1S/C17H17N3O5S/c1-10(14(21)20-17(24)18-2)25-16(23)11-5-3-6-12(9-11)19-15(22)13-7-4-8-26-13/h3-10H,1-2H3,(H,19,22)(H2,18,20,21,24)/t10-/m0/s1. The predicted octanol–water partition coefficient (Wildman–Crippen LogP) is 2.00. The van der Waals surface area contributed by atoms with Crippen molar-refractivity contribution in [2.45, 2.75) is 13.0 Å². The minimum absolute atomic E-state index is 0.161. The van der Waals surface area contributed by atoms with E-state index in [4.69, 9.17) is 4.74 Å². The summed E-state index contributed by atoms with van der Waals surface area (Å²) in [7, 11) is 1.36. The molecular formula is C17H17N3O5S. The van der Waals surface area contributed by atoms with Crippen molar-refractivity contribution >= 4 is 40.8 Å². The van der Waals surface area contributed by atoms with Crippen molar-refractivity contribution in [2.75, 3.05) is 12.4 Å². The Morgan fingerprint density at radius 2 is 1.88 bits per heavy atom. The van der Waals surface area contributed by atoms with Crippen molar-refractivity contribution in [3.63, 3.8) is 0 Å². The van der Waals surface area contributed by atoms with Gasteiger partial charge in [0, 0.05) is 12.7 Å². The van der Waals surface area contributed by atoms with Gasteiger partial charge in [0.05, 0.1) is 10.4 Å². The molecule has 26 heavy (non-hydrogen) atoms. The van der Waals surface area contributed by atoms with Crippen LogP contribution in [-0.2, 0) is 9.53 Å². The summed E-state index contributed by atoms with van der Waals surface area (Å²) in [4.78, 5) is 47.6. The van der Waals surface area contributed by atoms with Crippen LogP contribution in [0.15, 0.2) is 41.8 Å². The highest BCUT2D eigenvalue weighted by molar-refractivity contribution is 7.12. The minimum Gasteiger partial charge on any atom is -0.449 e. The Kier molecular flexibility index (Phi) is 6.45. The number of thiophene rings is 1. The van der Waals surface area contributed by atoms with E-state index in [1.807, 2.05) is 5.32 Å². The van der Waals surface area contributed by atoms with E-state index in [0.29, 0.717) is 10.6 Å². The second-order valence-corrected chi connectivity index (χ2v) is 6.08. The first kappa shape index (κ1) is 19.1. The summed E-state index contributed by atoms with van der Waals surface area (Å²) in [5, 5.41) is 8.71. The summed E-state index contributed by atoms with van der Waals surface area (Å²) < 4.78 is 5.03. The molecule has 0 unspecified atom stereocenters. The monoisotopic (exact) mass is 375 g/mol. The molecular weight excluding hydrogens is 358 g/mol. The average molecular weight is 375 g/mol. The Morgan fingerprint density at radius 1 is 1.12 bits per heavy atom. The van der Waals surface area contributed by atoms with Gasteiger partial charge >= 0.3 is 12.0 Å². The molecule has 8 nitrogen and oxygen atoms in total. The molecule has 1 aromatic carbocycles. The third-order valence-corrected chi connectivity index (χ3v) is 4.09. The lowest BCUT2D eigenvalue weighted by molar-refractivity contribution is -0.127. The average Bonchev–Trinajstić information content (AvgIpc) is 3.16. The Hall–Kier alpha value is -3.20. The number of rotatable bonds is 5. The van der Waals surface area contributed by atoms with Gasteiger partial charge in [-0.3, -0.25) is 14.9 Å². The van der Waals surface area contributed by atoms with Crippen LogP contribution in [0.3, 0.4) is 0 Å². The van der Waals surface area contributed by atoms with Crippen LogP contribution in [0.4, 0.5) is 10.5 Å². The Bertz CT molecular complexity index is 820. The normalized spacial score (nSPS) is 11.2. The Labute approximate surface area is 153 Å². The van der Waals surface area contributed by atoms with E-state index in [0.717, 1.165) is 0 Å². The maximum absolute atomic E-state index is 12.2. The van der Waals surface area contributed by atoms with E-state index in [1.165, 1.54) is 37.4 Å². The molecule has 0 aliphatic carbocycles. The van der Waals surface area contributed by atoms with E-state index in [1.54, 1.807) is 29.6 Å². The third-order valence-electron chi connectivity index (χ3n) is 3.22. The molecule has 1 aromatic heterocycles. The van der Waals surface area contributed by atoms with Crippen LogP contribution in [0.25, 0.3) is 0 Å². The van der Waals surface area contributed by atoms with Crippen LogP contribution in [-0.4, -0.2) is 37.0 Å². The van der Waals surface area contributed by atoms with Gasteiger partial charge in [-0.15, -0.1) is 11.3 Å². The van der Waals surface area contributed by atoms with Crippen molar-refractivity contribution in [3.8, 4) is 0 Å². The summed E-state index contributed by atoms with van der Waals surface area (Å²) in [5.41, 5.74) is 0.578. The topological polar surface area (TPSA) is 114 Å². The number of ether oxygens (including phenoxy) is 1. The fourth-order valence-electron chi connectivity index (χ4n) is 1.88. The van der Waals surface area contributed by atoms with Crippen LogP contribution in [0, 0.1) is 0 Å². The van der Waals surface area contributed by atoms with E-state index < -0.39 is 24.0 Å². The number of anilines is 1. The minimum atomic E-state index is -1.16. The van der Waals surface area contributed by atoms with Crippen molar-refractivity contribution in [3.05, 3.63) is 52.2 Å². The number of amides is 4. The van der Waals surface area contributed by atoms with Gasteiger partial charge in [-0.2, -0.15) is 0 Å². The highest BCUT2D eigenvalue weighted by Crippen LogP contribution is 2.16. The van der Waals surface area contributed by atoms with Gasteiger partial charge < -0.3 is 15.4 Å². The zero-order chi connectivity index (χ0) is 19.1. The summed E-state index contributed by atoms with van der Waals surface area (Å²) in [5.74, 6) is -1.79. The summed E-state index contributed by atoms with van der Waals surface area (Å²) >= 11 is 1.30. The fraction of sp³-hybridized carbons (Fsp3) is 0.176. The van der Waals surface area contributed by atoms with Crippen molar-refractivity contribution < 1.29 is 23.9 Å². The SMILES string of the molecule is CNC(=O)NC(=O)[C@H](C)OC(=O)c1cccc(NC(=O)c2cccs2)c1. The lowest BCUT2D eigenvalue weighted by atomic mass is 10.2. The zero-order valence-corrected chi connectivity index (χ0v) is 14.9. The lowest BCUT2D eigenvalue weighted by Gasteiger charge is -2.13. The number of esters is 1. The summed E-state index contributed by atoms with van der Waals surface area (Å²) in [6.45, 7) is 1.35. The second kappa shape index (κ2) is 8.77. The first-order chi connectivity index (χ1) is 12.4. The smallest absolute Gasteiger partial charge is 0.338 e. The van der Waals surface area contributed by atoms with Crippen LogP contribution < -0.4 is 16.0 Å². The fourth-order valence-corrected chi connectivity index (χ4v) is 2.50. The first-order valence-electron chi connectivity index (χ1n) is 7.59. The number of urea groups is 1. The number of benzene rings is 1. The van der Waals surface area contributed by atoms with Crippen LogP contribution in [0.1, 0.15) is 27.0 Å². The summed E-state index contributed by atoms with van der Waals surface area (Å²) in [6, 6.07) is 8.89. The first-order valence-corrected chi connectivity index (χ1v) is 8.47. The molecule has 4 amide bonds. The van der Waals surface area contributed by atoms with Crippen molar-refractivity contribution in [1.29, 1.82) is 0 Å². The molecule has 0 fully saturated rings. The zero-order valence-electron chi connectivity index (χ0n) is 14.1. The number of hydrogen-bond donors (Lipinski definition) is 3. The number of nitrogens with one attached hydrogen (secondary N) is 3. The van der Waals surface area contributed by atoms with Gasteiger partial charge in [-0.1, -0.05) is 12.1 Å². The van der Waals surface area contributed by atoms with Gasteiger partial charge in [0.1, 0.15) is 0 Å². The molecule has 2 aromatic rings. The van der Waals surface area contributed by atoms with Gasteiger partial charge in [0.25, 0.3) is 11.8 Å². The van der Waals surface area contributed by atoms with Crippen molar-refractivity contribution in [1.82, 2.24) is 10.6 Å². The molecule has 3 N–H and O–H groups in total. The molecule has 0 aliphatic heterocycles. The van der Waals surface area contributed by atoms with E-state index in [9.17, 15) is 19.2 Å². The molecule has 136 valence electrons. The van der Waals surface area contributed by atoms with Gasteiger partial charge in [-0.05, 0) is 36.6 Å². The lowest BCUT2D eigenvalue weighted by Crippen LogP contribution is -2.43. The molecule has 0 radical (unpaired) electrons. The van der Waals surface area contributed by atoms with Crippen LogP contribution in [0.5, 0.6) is 0 Å². The molecule has 0 saturated heterocycles. The number of carbonyl (C=O) groups is 4. The quantitative estimate of drug-likeness (QED) is 0.692. The maximum atomic E-state index is 12.2. The Balaban J connectivity index is 2.00. The highest BCUT2D eigenvalue weighted by atomic mass is 32.1. The highest BCUT2D eigenvalue weighted by Gasteiger charge is 2.20. The molecule has 9 heteroatoms. The molecule has 1 atom stereocenters. The molecule has 0 spiro atoms. The summed E-state index contributed by atoms with van der Waals surface area (Å²) in [6.07, 6.45) is -1.16. The number of hydrogen-bond acceptors (Lipinski definition) is 6. The molecule has 1 heterocycles. The van der Waals surface area contributed by atoms with Crippen molar-refractivity contribution in [2.24, 2.45) is 0 Å². The predicted molar refractivity (Wildman–Crippen MR) is 96.2 cm³/mol. The molecule has 0 aliphatic rings. The van der Waals surface area contributed by atoms with E-state index >= 15 is 0 Å². The third kappa shape index (κ3) is 5.15. The number of carbonyl (C=O) groups excluding carboxylic acids is 4. The molecule has 0 saturated carbocycles.